The van der Waals surface area contributed by atoms with Crippen molar-refractivity contribution in [1.29, 1.82) is 0 Å². The summed E-state index contributed by atoms with van der Waals surface area (Å²) in [4.78, 5) is 36.9. The molecule has 10 heteroatoms. The first-order valence-corrected chi connectivity index (χ1v) is 10.8. The summed E-state index contributed by atoms with van der Waals surface area (Å²) in [5.41, 5.74) is 4.95. The third-order valence-electron chi connectivity index (χ3n) is 3.71. The first kappa shape index (κ1) is 30.9. The summed E-state index contributed by atoms with van der Waals surface area (Å²) in [6, 6.07) is 5.64. The summed E-state index contributed by atoms with van der Waals surface area (Å²) in [5, 5.41) is 0. The number of rotatable bonds is 8. The Morgan fingerprint density at radius 1 is 1.27 bits per heavy atom. The van der Waals surface area contributed by atoms with Gasteiger partial charge in [0.05, 0.1) is 0 Å². The quantitative estimate of drug-likeness (QED) is 0.194. The van der Waals surface area contributed by atoms with Crippen molar-refractivity contribution in [3.63, 3.8) is 0 Å². The maximum Gasteiger partial charge on any atom is 1.00 e. The van der Waals surface area contributed by atoms with Crippen LogP contribution >= 0.6 is 11.8 Å². The molecule has 0 radical (unpaired) electrons. The Kier molecular flexibility index (Phi) is 23.1. The molecule has 8 nitrogen and oxygen atoms in total. The number of amides is 2. The van der Waals surface area contributed by atoms with Gasteiger partial charge in [0.1, 0.15) is 0 Å². The molecule has 0 spiro atoms. The van der Waals surface area contributed by atoms with Gasteiger partial charge < -0.3 is 24.9 Å². The predicted molar refractivity (Wildman–Crippen MR) is 114 cm³/mol. The minimum absolute atomic E-state index is 0. The molecule has 1 aromatic heterocycles. The second-order valence-electron chi connectivity index (χ2n) is 6.08. The third-order valence-corrected chi connectivity index (χ3v) is 4.86. The average molecular weight is 450 g/mol. The van der Waals surface area contributed by atoms with E-state index in [2.05, 4.69) is 22.5 Å². The zero-order valence-corrected chi connectivity index (χ0v) is 21.1. The van der Waals surface area contributed by atoms with Crippen LogP contribution in [0.4, 0.5) is 4.79 Å². The Morgan fingerprint density at radius 2 is 1.93 bits per heavy atom. The van der Waals surface area contributed by atoms with Gasteiger partial charge in [0.25, 0.3) is 0 Å². The number of thioether (sulfide) groups is 1. The second kappa shape index (κ2) is 22.4. The van der Waals surface area contributed by atoms with Crippen LogP contribution in [-0.2, 0) is 25.5 Å². The Labute approximate surface area is 205 Å². The van der Waals surface area contributed by atoms with E-state index in [1.54, 1.807) is 13.2 Å². The van der Waals surface area contributed by atoms with Crippen molar-refractivity contribution in [2.75, 3.05) is 31.9 Å². The number of nitrogens with zero attached hydrogens (tertiary/aromatic N) is 2. The van der Waals surface area contributed by atoms with Crippen LogP contribution in [-0.4, -0.2) is 60.2 Å². The van der Waals surface area contributed by atoms with Gasteiger partial charge in [0.15, 0.2) is 0 Å². The van der Waals surface area contributed by atoms with E-state index in [-0.39, 0.29) is 42.3 Å². The summed E-state index contributed by atoms with van der Waals surface area (Å²) >= 11 is 2.07. The number of hydrogen-bond donors (Lipinski definition) is 1. The molecule has 30 heavy (non-hydrogen) atoms. The summed E-state index contributed by atoms with van der Waals surface area (Å²) < 4.78 is 9.67. The molecule has 0 saturated carbocycles. The summed E-state index contributed by atoms with van der Waals surface area (Å²) in [6.45, 7) is 2.14. The molecule has 0 bridgehead atoms. The fraction of sp³-hybridized carbons (Fsp3) is 0.600. The van der Waals surface area contributed by atoms with E-state index >= 15 is 0 Å². The van der Waals surface area contributed by atoms with Gasteiger partial charge in [-0.3, -0.25) is 9.78 Å². The van der Waals surface area contributed by atoms with E-state index in [1.165, 1.54) is 29.2 Å². The van der Waals surface area contributed by atoms with Crippen LogP contribution in [0.25, 0.3) is 0 Å². The molecule has 2 rings (SSSR count). The van der Waals surface area contributed by atoms with Crippen LogP contribution in [0.5, 0.6) is 0 Å². The van der Waals surface area contributed by atoms with Crippen LogP contribution in [0, 0.1) is 0 Å². The monoisotopic (exact) mass is 449 g/mol. The van der Waals surface area contributed by atoms with Crippen LogP contribution < -0.4 is 35.3 Å². The largest absolute Gasteiger partial charge is 1.00 e. The number of aromatic nitrogens is 1. The van der Waals surface area contributed by atoms with Crippen LogP contribution in [0.15, 0.2) is 24.4 Å². The van der Waals surface area contributed by atoms with Crippen molar-refractivity contribution < 1.29 is 53.4 Å². The fourth-order valence-corrected chi connectivity index (χ4v) is 3.10. The molecule has 2 amide bonds. The van der Waals surface area contributed by atoms with Gasteiger partial charge in [-0.2, -0.15) is 18.2 Å². The molecule has 2 heterocycles. The van der Waals surface area contributed by atoms with E-state index in [4.69, 9.17) is 14.3 Å². The fourth-order valence-electron chi connectivity index (χ4n) is 2.08. The van der Waals surface area contributed by atoms with E-state index in [1.807, 2.05) is 25.1 Å². The van der Waals surface area contributed by atoms with Gasteiger partial charge in [0.2, 0.25) is 6.79 Å². The number of unbranched alkanes of at least 4 members (excludes halogenated alkanes) is 1. The number of ether oxygens (including phenoxy) is 2. The molecular weight excluding hydrogens is 417 g/mol. The molecule has 1 aliphatic heterocycles. The molecule has 0 aromatic carbocycles. The SMILES string of the molecule is C1CCSC1.CCCCC(=O)OCOC(=O)N(C)CCc1ccccn1.N[C-]=O.[Na+]. The normalized spacial score (nSPS) is 11.4. The van der Waals surface area contributed by atoms with Crippen LogP contribution in [0.1, 0.15) is 44.7 Å². The van der Waals surface area contributed by atoms with Crippen molar-refractivity contribution >= 4 is 30.2 Å². The van der Waals surface area contributed by atoms with Crippen molar-refractivity contribution in [2.45, 2.75) is 45.4 Å². The zero-order chi connectivity index (χ0) is 21.7. The molecule has 0 aliphatic carbocycles. The number of likely N-dealkylation sites (N-methyl/N-ethyl adjacent to an activating group) is 1. The Hall–Kier alpha value is -1.29. The van der Waals surface area contributed by atoms with Crippen molar-refractivity contribution in [3.05, 3.63) is 30.1 Å². The van der Waals surface area contributed by atoms with Gasteiger partial charge in [0, 0.05) is 38.3 Å². The minimum Gasteiger partial charge on any atom is -0.543 e. The van der Waals surface area contributed by atoms with Crippen molar-refractivity contribution in [1.82, 2.24) is 9.88 Å². The Morgan fingerprint density at radius 3 is 2.43 bits per heavy atom. The summed E-state index contributed by atoms with van der Waals surface area (Å²) in [6.07, 6.45) is 7.81. The zero-order valence-electron chi connectivity index (χ0n) is 18.3. The maximum absolute atomic E-state index is 11.7. The van der Waals surface area contributed by atoms with E-state index in [9.17, 15) is 9.59 Å². The number of carbonyl (C=O) groups excluding carboxylic acids is 3. The molecule has 1 fully saturated rings. The van der Waals surface area contributed by atoms with Crippen LogP contribution in [0.2, 0.25) is 0 Å². The standard InChI is InChI=1S/C15H22N2O4.C4H8S.CH2NO.Na/c1-3-4-8-14(18)20-12-21-15(19)17(2)11-9-13-7-5-6-10-16-13;1-2-4-5-3-1;2-1-3;/h5-7,10H,3-4,8-9,11-12H2,1-2H3;1-4H2;(H2,2,3);/q;;-1;+1. The Bertz CT molecular complexity index is 555. The van der Waals surface area contributed by atoms with E-state index in [0.717, 1.165) is 24.9 Å². The number of nitrogens with two attached hydrogens (primary N) is 1. The molecule has 1 aromatic rings. The molecule has 2 N–H and O–H groups in total. The summed E-state index contributed by atoms with van der Waals surface area (Å²) in [7, 11) is 1.63. The average Bonchev–Trinajstić information content (AvgIpc) is 3.32. The number of carbonyl (C=O) groups is 2. The minimum atomic E-state index is -0.519. The van der Waals surface area contributed by atoms with Crippen LogP contribution in [0.3, 0.4) is 0 Å². The molecular formula is C20H32N3NaO5S. The number of esters is 1. The first-order chi connectivity index (χ1) is 14.0. The predicted octanol–water partition coefficient (Wildman–Crippen LogP) is -0.0869. The topological polar surface area (TPSA) is 112 Å². The van der Waals surface area contributed by atoms with Crippen molar-refractivity contribution in [2.24, 2.45) is 5.73 Å². The van der Waals surface area contributed by atoms with Crippen molar-refractivity contribution in [3.8, 4) is 0 Å². The molecule has 1 saturated heterocycles. The van der Waals surface area contributed by atoms with E-state index < -0.39 is 6.09 Å². The molecule has 164 valence electrons. The van der Waals surface area contributed by atoms with Gasteiger partial charge >= 0.3 is 41.6 Å². The third kappa shape index (κ3) is 18.7. The molecule has 0 unspecified atom stereocenters. The smallest absolute Gasteiger partial charge is 0.543 e. The van der Waals surface area contributed by atoms with Gasteiger partial charge in [-0.05, 0) is 42.9 Å². The number of pyridine rings is 1. The second-order valence-corrected chi connectivity index (χ2v) is 7.30. The van der Waals surface area contributed by atoms with Gasteiger partial charge in [-0.1, -0.05) is 19.4 Å². The summed E-state index contributed by atoms with van der Waals surface area (Å²) in [5.74, 6) is 2.49. The Balaban J connectivity index is 0. The molecule has 0 atom stereocenters. The van der Waals surface area contributed by atoms with E-state index in [0.29, 0.717) is 19.4 Å². The maximum atomic E-state index is 11.7. The van der Waals surface area contributed by atoms with Gasteiger partial charge in [-0.25, -0.2) is 4.79 Å². The number of primary amides is 1. The first-order valence-electron chi connectivity index (χ1n) is 9.64. The van der Waals surface area contributed by atoms with Gasteiger partial charge in [-0.15, -0.1) is 0 Å². The number of hydrogen-bond acceptors (Lipinski definition) is 7. The molecule has 1 aliphatic rings.